The van der Waals surface area contributed by atoms with Crippen LogP contribution in [-0.4, -0.2) is 35.8 Å². The van der Waals surface area contributed by atoms with Crippen molar-refractivity contribution in [2.45, 2.75) is 32.7 Å². The van der Waals surface area contributed by atoms with Crippen molar-refractivity contribution in [2.75, 3.05) is 18.8 Å². The number of rotatable bonds is 3. The minimum Gasteiger partial charge on any atom is -0.398 e. The number of amides is 2. The molecule has 1 aliphatic rings. The lowest BCUT2D eigenvalue weighted by molar-refractivity contribution is -0.124. The summed E-state index contributed by atoms with van der Waals surface area (Å²) in [6.45, 7) is 5.06. The maximum atomic E-state index is 12.4. The van der Waals surface area contributed by atoms with Crippen molar-refractivity contribution >= 4 is 17.5 Å². The predicted molar refractivity (Wildman–Crippen MR) is 82.8 cm³/mol. The molecule has 0 aromatic heterocycles. The van der Waals surface area contributed by atoms with Crippen molar-refractivity contribution in [1.82, 2.24) is 10.2 Å². The van der Waals surface area contributed by atoms with Gasteiger partial charge < -0.3 is 16.0 Å². The first kappa shape index (κ1) is 15.4. The number of hydrogen-bond acceptors (Lipinski definition) is 3. The first-order valence-corrected chi connectivity index (χ1v) is 7.43. The van der Waals surface area contributed by atoms with Gasteiger partial charge in [-0.3, -0.25) is 9.59 Å². The highest BCUT2D eigenvalue weighted by atomic mass is 16.2. The first-order chi connectivity index (χ1) is 9.99. The summed E-state index contributed by atoms with van der Waals surface area (Å²) < 4.78 is 0. The molecular weight excluding hydrogens is 266 g/mol. The fraction of sp³-hybridized carbons (Fsp3) is 0.500. The van der Waals surface area contributed by atoms with Crippen LogP contribution in [0.4, 0.5) is 5.69 Å². The second-order valence-electron chi connectivity index (χ2n) is 5.82. The zero-order valence-corrected chi connectivity index (χ0v) is 12.6. The summed E-state index contributed by atoms with van der Waals surface area (Å²) >= 11 is 0. The molecule has 1 aliphatic heterocycles. The van der Waals surface area contributed by atoms with E-state index in [1.807, 2.05) is 30.9 Å². The number of piperidine rings is 1. The van der Waals surface area contributed by atoms with Crippen LogP contribution >= 0.6 is 0 Å². The number of carbonyl (C=O) groups excluding carboxylic acids is 2. The fourth-order valence-corrected chi connectivity index (χ4v) is 2.46. The van der Waals surface area contributed by atoms with E-state index in [0.717, 1.165) is 12.8 Å². The molecule has 0 bridgehead atoms. The van der Waals surface area contributed by atoms with Gasteiger partial charge in [0.1, 0.15) is 0 Å². The Bertz CT molecular complexity index is 520. The molecule has 1 aromatic carbocycles. The highest BCUT2D eigenvalue weighted by molar-refractivity contribution is 5.99. The van der Waals surface area contributed by atoms with Crippen LogP contribution in [0, 0.1) is 5.92 Å². The topological polar surface area (TPSA) is 75.4 Å². The van der Waals surface area contributed by atoms with E-state index in [-0.39, 0.29) is 23.8 Å². The number of para-hydroxylation sites is 1. The van der Waals surface area contributed by atoms with Gasteiger partial charge in [-0.2, -0.15) is 0 Å². The average Bonchev–Trinajstić information content (AvgIpc) is 2.47. The minimum atomic E-state index is -0.0262. The number of carbonyl (C=O) groups is 2. The maximum Gasteiger partial charge on any atom is 0.255 e. The predicted octanol–water partition coefficient (Wildman–Crippen LogP) is 1.65. The average molecular weight is 289 g/mol. The molecule has 0 spiro atoms. The molecular formula is C16H23N3O2. The third kappa shape index (κ3) is 3.74. The van der Waals surface area contributed by atoms with Gasteiger partial charge in [0.2, 0.25) is 5.91 Å². The summed E-state index contributed by atoms with van der Waals surface area (Å²) in [5.41, 5.74) is 6.92. The van der Waals surface area contributed by atoms with Crippen LogP contribution in [0.1, 0.15) is 37.0 Å². The van der Waals surface area contributed by atoms with E-state index in [4.69, 9.17) is 5.73 Å². The molecule has 2 rings (SSSR count). The molecule has 0 unspecified atom stereocenters. The molecule has 5 heteroatoms. The van der Waals surface area contributed by atoms with Crippen LogP contribution in [0.2, 0.25) is 0 Å². The summed E-state index contributed by atoms with van der Waals surface area (Å²) in [4.78, 5) is 25.9. The van der Waals surface area contributed by atoms with Gasteiger partial charge in [-0.05, 0) is 25.0 Å². The van der Waals surface area contributed by atoms with Crippen LogP contribution in [0.5, 0.6) is 0 Å². The lowest BCUT2D eigenvalue weighted by atomic mass is 10.0. The number of nitrogen functional groups attached to an aromatic ring is 1. The molecule has 0 aliphatic carbocycles. The van der Waals surface area contributed by atoms with Gasteiger partial charge in [-0.15, -0.1) is 0 Å². The Balaban J connectivity index is 1.91. The third-order valence-electron chi connectivity index (χ3n) is 3.84. The molecule has 3 N–H and O–H groups in total. The maximum absolute atomic E-state index is 12.4. The Labute approximate surface area is 125 Å². The summed E-state index contributed by atoms with van der Waals surface area (Å²) in [7, 11) is 0. The number of likely N-dealkylation sites (tertiary alicyclic amines) is 1. The number of nitrogens with one attached hydrogen (secondary N) is 1. The van der Waals surface area contributed by atoms with Crippen LogP contribution < -0.4 is 11.1 Å². The summed E-state index contributed by atoms with van der Waals surface area (Å²) in [5, 5.41) is 3.03. The molecule has 114 valence electrons. The Hall–Kier alpha value is -2.04. The van der Waals surface area contributed by atoms with Crippen LogP contribution in [0.15, 0.2) is 24.3 Å². The number of nitrogens with zero attached hydrogens (tertiary/aromatic N) is 1. The molecule has 1 saturated heterocycles. The molecule has 0 radical (unpaired) electrons. The second-order valence-corrected chi connectivity index (χ2v) is 5.82. The van der Waals surface area contributed by atoms with Gasteiger partial charge in [-0.1, -0.05) is 26.0 Å². The second kappa shape index (κ2) is 6.61. The zero-order chi connectivity index (χ0) is 15.4. The van der Waals surface area contributed by atoms with Crippen molar-refractivity contribution in [3.63, 3.8) is 0 Å². The van der Waals surface area contributed by atoms with Gasteiger partial charge in [0.05, 0.1) is 5.56 Å². The number of hydrogen-bond donors (Lipinski definition) is 2. The van der Waals surface area contributed by atoms with Crippen LogP contribution in [0.3, 0.4) is 0 Å². The molecule has 0 saturated carbocycles. The van der Waals surface area contributed by atoms with E-state index in [1.54, 1.807) is 12.1 Å². The SMILES string of the molecule is CC(C)C(=O)NC1CCN(C(=O)c2ccccc2N)CC1. The van der Waals surface area contributed by atoms with Crippen molar-refractivity contribution in [3.05, 3.63) is 29.8 Å². The van der Waals surface area contributed by atoms with Crippen molar-refractivity contribution in [3.8, 4) is 0 Å². The molecule has 21 heavy (non-hydrogen) atoms. The molecule has 2 amide bonds. The highest BCUT2D eigenvalue weighted by Gasteiger charge is 2.25. The molecule has 1 aromatic rings. The Morgan fingerprint density at radius 2 is 1.86 bits per heavy atom. The van der Waals surface area contributed by atoms with E-state index in [1.165, 1.54) is 0 Å². The van der Waals surface area contributed by atoms with Crippen molar-refractivity contribution < 1.29 is 9.59 Å². The van der Waals surface area contributed by atoms with Gasteiger partial charge in [0.15, 0.2) is 0 Å². The third-order valence-corrected chi connectivity index (χ3v) is 3.84. The first-order valence-electron chi connectivity index (χ1n) is 7.43. The van der Waals surface area contributed by atoms with E-state index < -0.39 is 0 Å². The smallest absolute Gasteiger partial charge is 0.255 e. The van der Waals surface area contributed by atoms with E-state index in [2.05, 4.69) is 5.32 Å². The lowest BCUT2D eigenvalue weighted by Crippen LogP contribution is -2.47. The monoisotopic (exact) mass is 289 g/mol. The fourth-order valence-electron chi connectivity index (χ4n) is 2.46. The van der Waals surface area contributed by atoms with Gasteiger partial charge in [0, 0.05) is 30.7 Å². The van der Waals surface area contributed by atoms with Gasteiger partial charge in [-0.25, -0.2) is 0 Å². The number of benzene rings is 1. The van der Waals surface area contributed by atoms with Crippen molar-refractivity contribution in [1.29, 1.82) is 0 Å². The highest BCUT2D eigenvalue weighted by Crippen LogP contribution is 2.18. The number of anilines is 1. The van der Waals surface area contributed by atoms with Crippen LogP contribution in [0.25, 0.3) is 0 Å². The van der Waals surface area contributed by atoms with Crippen LogP contribution in [-0.2, 0) is 4.79 Å². The zero-order valence-electron chi connectivity index (χ0n) is 12.6. The summed E-state index contributed by atoms with van der Waals surface area (Å²) in [6.07, 6.45) is 1.58. The Morgan fingerprint density at radius 1 is 1.24 bits per heavy atom. The van der Waals surface area contributed by atoms with Gasteiger partial charge >= 0.3 is 0 Å². The Morgan fingerprint density at radius 3 is 2.43 bits per heavy atom. The van der Waals surface area contributed by atoms with E-state index in [0.29, 0.717) is 24.3 Å². The minimum absolute atomic E-state index is 0.00576. The summed E-state index contributed by atoms with van der Waals surface area (Å²) in [6, 6.07) is 7.30. The molecule has 1 heterocycles. The van der Waals surface area contributed by atoms with Gasteiger partial charge in [0.25, 0.3) is 5.91 Å². The standard InChI is InChI=1S/C16H23N3O2/c1-11(2)15(20)18-12-7-9-19(10-8-12)16(21)13-5-3-4-6-14(13)17/h3-6,11-12H,7-10,17H2,1-2H3,(H,18,20). The molecule has 0 atom stereocenters. The van der Waals surface area contributed by atoms with E-state index >= 15 is 0 Å². The quantitative estimate of drug-likeness (QED) is 0.831. The van der Waals surface area contributed by atoms with E-state index in [9.17, 15) is 9.59 Å². The molecule has 1 fully saturated rings. The summed E-state index contributed by atoms with van der Waals surface area (Å²) in [5.74, 6) is 0.0441. The largest absolute Gasteiger partial charge is 0.398 e. The van der Waals surface area contributed by atoms with Crippen molar-refractivity contribution in [2.24, 2.45) is 5.92 Å². The normalized spacial score (nSPS) is 16.0. The molecule has 5 nitrogen and oxygen atoms in total. The lowest BCUT2D eigenvalue weighted by Gasteiger charge is -2.33. The Kier molecular flexibility index (Phi) is 4.83. The number of nitrogens with two attached hydrogens (primary N) is 1.